The lowest BCUT2D eigenvalue weighted by atomic mass is 9.92. The van der Waals surface area contributed by atoms with Gasteiger partial charge in [-0.1, -0.05) is 13.0 Å². The second-order valence-electron chi connectivity index (χ2n) is 7.40. The minimum atomic E-state index is -0.775. The van der Waals surface area contributed by atoms with Crippen molar-refractivity contribution in [3.63, 3.8) is 0 Å². The van der Waals surface area contributed by atoms with Gasteiger partial charge in [-0.25, -0.2) is 0 Å². The van der Waals surface area contributed by atoms with Gasteiger partial charge in [0.15, 0.2) is 0 Å². The van der Waals surface area contributed by atoms with Crippen molar-refractivity contribution in [3.8, 4) is 0 Å². The van der Waals surface area contributed by atoms with Crippen LogP contribution in [0.4, 0.5) is 0 Å². The number of thiophene rings is 1. The van der Waals surface area contributed by atoms with Gasteiger partial charge in [-0.2, -0.15) is 0 Å². The Morgan fingerprint density at radius 2 is 2.35 bits per heavy atom. The van der Waals surface area contributed by atoms with Gasteiger partial charge in [-0.05, 0) is 50.1 Å². The minimum Gasteiger partial charge on any atom is -0.383 e. The number of aliphatic hydroxyl groups is 1. The van der Waals surface area contributed by atoms with Crippen LogP contribution in [0.25, 0.3) is 0 Å². The molecule has 4 nitrogen and oxygen atoms in total. The molecule has 2 aliphatic rings. The van der Waals surface area contributed by atoms with E-state index in [1.54, 1.807) is 11.3 Å². The lowest BCUT2D eigenvalue weighted by Crippen LogP contribution is -2.52. The molecule has 2 N–H and O–H groups in total. The fourth-order valence-corrected chi connectivity index (χ4v) is 4.57. The van der Waals surface area contributed by atoms with Crippen LogP contribution in [0.15, 0.2) is 17.5 Å². The third-order valence-electron chi connectivity index (χ3n) is 5.24. The van der Waals surface area contributed by atoms with Crippen LogP contribution < -0.4 is 5.32 Å². The average Bonchev–Trinajstić information content (AvgIpc) is 3.20. The average molecular weight is 339 g/mol. The predicted molar refractivity (Wildman–Crippen MR) is 94.9 cm³/mol. The van der Waals surface area contributed by atoms with Gasteiger partial charge in [-0.3, -0.25) is 0 Å². The molecule has 0 aliphatic carbocycles. The molecule has 0 saturated carbocycles. The molecule has 1 aromatic rings. The number of nitrogens with zero attached hydrogens (tertiary/aromatic N) is 1. The van der Waals surface area contributed by atoms with E-state index in [9.17, 15) is 5.11 Å². The van der Waals surface area contributed by atoms with E-state index in [0.717, 1.165) is 37.5 Å². The van der Waals surface area contributed by atoms with E-state index in [1.165, 1.54) is 12.8 Å². The van der Waals surface area contributed by atoms with E-state index in [2.05, 4.69) is 17.1 Å². The van der Waals surface area contributed by atoms with Crippen molar-refractivity contribution < 1.29 is 9.84 Å². The van der Waals surface area contributed by atoms with Gasteiger partial charge < -0.3 is 20.1 Å². The van der Waals surface area contributed by atoms with Gasteiger partial charge >= 0.3 is 0 Å². The van der Waals surface area contributed by atoms with Gasteiger partial charge in [0.2, 0.25) is 0 Å². The molecule has 0 bridgehead atoms. The summed E-state index contributed by atoms with van der Waals surface area (Å²) < 4.78 is 5.76. The molecule has 130 valence electrons. The number of likely N-dealkylation sites (tertiary alicyclic amines) is 1. The van der Waals surface area contributed by atoms with Gasteiger partial charge in [0.1, 0.15) is 5.60 Å². The highest BCUT2D eigenvalue weighted by Gasteiger charge is 2.31. The Kier molecular flexibility index (Phi) is 5.75. The molecular formula is C18H30N2O2S. The number of hydrogen-bond acceptors (Lipinski definition) is 5. The summed E-state index contributed by atoms with van der Waals surface area (Å²) in [5.74, 6) is 0.601. The van der Waals surface area contributed by atoms with Crippen LogP contribution in [-0.4, -0.2) is 54.9 Å². The van der Waals surface area contributed by atoms with Gasteiger partial charge in [0, 0.05) is 37.2 Å². The predicted octanol–water partition coefficient (Wildman–Crippen LogP) is 2.43. The normalized spacial score (nSPS) is 32.0. The zero-order valence-corrected chi connectivity index (χ0v) is 15.1. The molecule has 3 heterocycles. The molecule has 2 saturated heterocycles. The maximum atomic E-state index is 10.7. The van der Waals surface area contributed by atoms with E-state index in [-0.39, 0.29) is 0 Å². The van der Waals surface area contributed by atoms with E-state index in [0.29, 0.717) is 24.6 Å². The van der Waals surface area contributed by atoms with Gasteiger partial charge in [0.05, 0.1) is 6.10 Å². The lowest BCUT2D eigenvalue weighted by molar-refractivity contribution is 0.0358. The Balaban J connectivity index is 1.45. The van der Waals surface area contributed by atoms with Crippen LogP contribution >= 0.6 is 11.3 Å². The number of hydrogen-bond donors (Lipinski definition) is 2. The quantitative estimate of drug-likeness (QED) is 0.836. The molecular weight excluding hydrogens is 308 g/mol. The lowest BCUT2D eigenvalue weighted by Gasteiger charge is -2.39. The van der Waals surface area contributed by atoms with Crippen molar-refractivity contribution in [3.05, 3.63) is 22.4 Å². The van der Waals surface area contributed by atoms with Gasteiger partial charge in [0.25, 0.3) is 0 Å². The Hall–Kier alpha value is -0.460. The van der Waals surface area contributed by atoms with Crippen LogP contribution in [0.3, 0.4) is 0 Å². The van der Waals surface area contributed by atoms with Crippen molar-refractivity contribution in [1.29, 1.82) is 0 Å². The molecule has 2 fully saturated rings. The summed E-state index contributed by atoms with van der Waals surface area (Å²) in [6, 6.07) is 4.50. The first-order valence-electron chi connectivity index (χ1n) is 8.88. The SMILES string of the molecule is CC1CN(CC2CCCO2)CCC1NCC(C)(O)c1cccs1. The second-order valence-corrected chi connectivity index (χ2v) is 8.35. The zero-order chi connectivity index (χ0) is 16.3. The molecule has 4 unspecified atom stereocenters. The Morgan fingerprint density at radius 1 is 1.48 bits per heavy atom. The van der Waals surface area contributed by atoms with Crippen molar-refractivity contribution in [2.24, 2.45) is 5.92 Å². The number of ether oxygens (including phenoxy) is 1. The molecule has 0 amide bonds. The van der Waals surface area contributed by atoms with Crippen LogP contribution in [-0.2, 0) is 10.3 Å². The number of nitrogens with one attached hydrogen (secondary N) is 1. The summed E-state index contributed by atoms with van der Waals surface area (Å²) in [5.41, 5.74) is -0.775. The molecule has 5 heteroatoms. The maximum Gasteiger partial charge on any atom is 0.108 e. The second kappa shape index (κ2) is 7.62. The van der Waals surface area contributed by atoms with E-state index in [4.69, 9.17) is 4.74 Å². The monoisotopic (exact) mass is 338 g/mol. The molecule has 0 aromatic carbocycles. The van der Waals surface area contributed by atoms with Crippen molar-refractivity contribution in [2.45, 2.75) is 50.9 Å². The Bertz CT molecular complexity index is 471. The summed E-state index contributed by atoms with van der Waals surface area (Å²) in [5, 5.41) is 16.3. The molecule has 3 rings (SSSR count). The van der Waals surface area contributed by atoms with Gasteiger partial charge in [-0.15, -0.1) is 11.3 Å². The Labute approximate surface area is 143 Å². The van der Waals surface area contributed by atoms with Crippen molar-refractivity contribution >= 4 is 11.3 Å². The minimum absolute atomic E-state index is 0.450. The summed E-state index contributed by atoms with van der Waals surface area (Å²) in [6.07, 6.45) is 4.03. The third-order valence-corrected chi connectivity index (χ3v) is 6.36. The fourth-order valence-electron chi connectivity index (χ4n) is 3.78. The molecule has 1 aromatic heterocycles. The molecule has 0 spiro atoms. The number of rotatable bonds is 6. The van der Waals surface area contributed by atoms with Crippen LogP contribution in [0.2, 0.25) is 0 Å². The smallest absolute Gasteiger partial charge is 0.108 e. The maximum absolute atomic E-state index is 10.7. The highest BCUT2D eigenvalue weighted by molar-refractivity contribution is 7.10. The first-order valence-corrected chi connectivity index (χ1v) is 9.76. The molecule has 2 aliphatic heterocycles. The first-order chi connectivity index (χ1) is 11.0. The van der Waals surface area contributed by atoms with Crippen molar-refractivity contribution in [2.75, 3.05) is 32.8 Å². The molecule has 0 radical (unpaired) electrons. The van der Waals surface area contributed by atoms with E-state index >= 15 is 0 Å². The summed E-state index contributed by atoms with van der Waals surface area (Å²) in [6.45, 7) is 9.12. The van der Waals surface area contributed by atoms with Crippen LogP contribution in [0.5, 0.6) is 0 Å². The first kappa shape index (κ1) is 17.4. The Morgan fingerprint density at radius 3 is 3.00 bits per heavy atom. The highest BCUT2D eigenvalue weighted by Crippen LogP contribution is 2.26. The van der Waals surface area contributed by atoms with Crippen molar-refractivity contribution in [1.82, 2.24) is 10.2 Å². The van der Waals surface area contributed by atoms with Crippen LogP contribution in [0.1, 0.15) is 38.0 Å². The largest absolute Gasteiger partial charge is 0.383 e. The standard InChI is InChI=1S/C18H30N2O2S/c1-14-11-20(12-15-5-3-9-22-15)8-7-16(14)19-13-18(2,21)17-6-4-10-23-17/h4,6,10,14-16,19,21H,3,5,7-9,11-13H2,1-2H3. The summed E-state index contributed by atoms with van der Waals surface area (Å²) >= 11 is 1.62. The third kappa shape index (κ3) is 4.54. The highest BCUT2D eigenvalue weighted by atomic mass is 32.1. The van der Waals surface area contributed by atoms with Crippen LogP contribution in [0, 0.1) is 5.92 Å². The van der Waals surface area contributed by atoms with E-state index < -0.39 is 5.60 Å². The topological polar surface area (TPSA) is 44.7 Å². The summed E-state index contributed by atoms with van der Waals surface area (Å²) in [4.78, 5) is 3.59. The molecule has 23 heavy (non-hydrogen) atoms. The fraction of sp³-hybridized carbons (Fsp3) is 0.778. The number of piperidine rings is 1. The van der Waals surface area contributed by atoms with E-state index in [1.807, 2.05) is 24.4 Å². The molecule has 4 atom stereocenters. The zero-order valence-electron chi connectivity index (χ0n) is 14.3. The summed E-state index contributed by atoms with van der Waals surface area (Å²) in [7, 11) is 0.